The topological polar surface area (TPSA) is 198 Å². The number of rotatable bonds is 24. The zero-order valence-corrected chi connectivity index (χ0v) is 32.7. The van der Waals surface area contributed by atoms with E-state index in [1.807, 2.05) is 54.6 Å². The maximum atomic E-state index is 12.8. The van der Waals surface area contributed by atoms with Gasteiger partial charge >= 0.3 is 23.9 Å². The van der Waals surface area contributed by atoms with E-state index in [0.717, 1.165) is 27.7 Å². The van der Waals surface area contributed by atoms with Gasteiger partial charge in [0.15, 0.2) is 24.4 Å². The molecule has 0 heterocycles. The number of aliphatic hydroxyl groups excluding tert-OH is 1. The largest absolute Gasteiger partial charge is 0.497 e. The van der Waals surface area contributed by atoms with Crippen LogP contribution in [0.2, 0.25) is 0 Å². The summed E-state index contributed by atoms with van der Waals surface area (Å²) in [5.74, 6) is -2.20. The summed E-state index contributed by atoms with van der Waals surface area (Å²) in [5.41, 5.74) is 5.96. The Morgan fingerprint density at radius 2 is 1.04 bits per heavy atom. The first-order valence-electron chi connectivity index (χ1n) is 18.1. The zero-order chi connectivity index (χ0) is 41.1. The lowest BCUT2D eigenvalue weighted by Crippen LogP contribution is -2.56. The van der Waals surface area contributed by atoms with Crippen molar-refractivity contribution < 1.29 is 66.9 Å². The fraction of sp³-hybridized carbons (Fsp3) is 0.463. The molecule has 0 amide bonds. The molecule has 15 heteroatoms. The average molecular weight is 784 g/mol. The molecule has 3 aromatic rings. The van der Waals surface area contributed by atoms with Crippen molar-refractivity contribution in [3.05, 3.63) is 95.6 Å². The van der Waals surface area contributed by atoms with Crippen LogP contribution in [0.1, 0.15) is 50.8 Å². The summed E-state index contributed by atoms with van der Waals surface area (Å²) in [6, 6.07) is 23.6. The van der Waals surface area contributed by atoms with Gasteiger partial charge in [-0.05, 0) is 41.0 Å². The van der Waals surface area contributed by atoms with E-state index in [1.54, 1.807) is 38.5 Å². The van der Waals surface area contributed by atoms with Crippen LogP contribution >= 0.6 is 0 Å². The van der Waals surface area contributed by atoms with Crippen LogP contribution in [0, 0.1) is 0 Å². The number of ether oxygens (including phenoxy) is 9. The maximum Gasteiger partial charge on any atom is 0.303 e. The summed E-state index contributed by atoms with van der Waals surface area (Å²) in [7, 11) is 3.09. The summed E-state index contributed by atoms with van der Waals surface area (Å²) >= 11 is 0. The Morgan fingerprint density at radius 1 is 0.589 bits per heavy atom. The van der Waals surface area contributed by atoms with Gasteiger partial charge in [-0.2, -0.15) is 0 Å². The van der Waals surface area contributed by atoms with E-state index in [-0.39, 0.29) is 26.2 Å². The first-order valence-corrected chi connectivity index (χ1v) is 18.1. The van der Waals surface area contributed by atoms with E-state index >= 15 is 0 Å². The highest BCUT2D eigenvalue weighted by atomic mass is 16.6. The molecule has 5 atom stereocenters. The van der Waals surface area contributed by atoms with Gasteiger partial charge in [-0.1, -0.05) is 54.6 Å². The predicted molar refractivity (Wildman–Crippen MR) is 202 cm³/mol. The Balaban J connectivity index is 2.17. The molecule has 0 bridgehead atoms. The fourth-order valence-corrected chi connectivity index (χ4v) is 6.08. The van der Waals surface area contributed by atoms with Crippen molar-refractivity contribution in [2.45, 2.75) is 70.2 Å². The molecule has 0 aliphatic heterocycles. The van der Waals surface area contributed by atoms with Crippen LogP contribution in [0.15, 0.2) is 78.9 Å². The molecular formula is C41H53NO14. The number of esters is 4. The highest BCUT2D eigenvalue weighted by Gasteiger charge is 2.48. The summed E-state index contributed by atoms with van der Waals surface area (Å²) < 4.78 is 51.4. The highest BCUT2D eigenvalue weighted by molar-refractivity contribution is 5.69. The van der Waals surface area contributed by atoms with Gasteiger partial charge < -0.3 is 53.5 Å². The van der Waals surface area contributed by atoms with E-state index in [9.17, 15) is 24.3 Å². The van der Waals surface area contributed by atoms with E-state index < -0.39 is 66.6 Å². The monoisotopic (exact) mass is 783 g/mol. The highest BCUT2D eigenvalue weighted by Crippen LogP contribution is 2.42. The van der Waals surface area contributed by atoms with E-state index in [4.69, 9.17) is 48.4 Å². The lowest BCUT2D eigenvalue weighted by molar-refractivity contribution is -0.213. The first kappa shape index (κ1) is 45.3. The average Bonchev–Trinajstić information content (AvgIpc) is 3.18. The quantitative estimate of drug-likeness (QED) is 0.0579. The molecule has 0 saturated carbocycles. The Labute approximate surface area is 327 Å². The first-order chi connectivity index (χ1) is 26.9. The third kappa shape index (κ3) is 13.3. The van der Waals surface area contributed by atoms with Gasteiger partial charge in [0, 0.05) is 47.3 Å². The molecule has 306 valence electrons. The molecule has 0 radical (unpaired) electrons. The Morgan fingerprint density at radius 3 is 1.50 bits per heavy atom. The van der Waals surface area contributed by atoms with Crippen LogP contribution in [0.5, 0.6) is 11.5 Å². The van der Waals surface area contributed by atoms with E-state index in [0.29, 0.717) is 41.3 Å². The van der Waals surface area contributed by atoms with Crippen molar-refractivity contribution in [3.63, 3.8) is 0 Å². The van der Waals surface area contributed by atoms with Crippen molar-refractivity contribution in [2.24, 2.45) is 5.73 Å². The number of aliphatic hydroxyl groups is 1. The van der Waals surface area contributed by atoms with Crippen molar-refractivity contribution in [2.75, 3.05) is 53.8 Å². The maximum absolute atomic E-state index is 12.8. The van der Waals surface area contributed by atoms with Gasteiger partial charge in [0.1, 0.15) is 17.1 Å². The summed E-state index contributed by atoms with van der Waals surface area (Å²) in [4.78, 5) is 50.7. The standard InChI is InChI=1S/C41H53NO14/c1-27(43)53-37(39(55-29(3)45)40(56-30(4)46)38(54-28(2)44)36(47)20-22-50-24-25-51-23-21-42)26-52-41(31-10-8-7-9-11-31,32-12-16-34(48-5)17-13-32)33-14-18-35(49-6)19-15-33/h7-19,36-40,47H,20-26,42H2,1-6H3/t36?,37-,38+,39+,40-/m1/s1. The predicted octanol–water partition coefficient (Wildman–Crippen LogP) is 3.48. The number of carbonyl (C=O) groups excluding carboxylic acids is 4. The number of methoxy groups -OCH3 is 2. The minimum atomic E-state index is -1.70. The van der Waals surface area contributed by atoms with Crippen LogP contribution in [-0.4, -0.2) is 113 Å². The van der Waals surface area contributed by atoms with Crippen LogP contribution in [0.4, 0.5) is 0 Å². The van der Waals surface area contributed by atoms with Gasteiger partial charge in [0.05, 0.1) is 46.8 Å². The van der Waals surface area contributed by atoms with Crippen molar-refractivity contribution in [1.82, 2.24) is 0 Å². The lowest BCUT2D eigenvalue weighted by atomic mass is 9.80. The molecule has 3 N–H and O–H groups in total. The third-order valence-electron chi connectivity index (χ3n) is 8.45. The molecule has 1 unspecified atom stereocenters. The fourth-order valence-electron chi connectivity index (χ4n) is 6.08. The minimum absolute atomic E-state index is 0.0181. The smallest absolute Gasteiger partial charge is 0.303 e. The molecule has 3 rings (SSSR count). The normalized spacial score (nSPS) is 14.0. The zero-order valence-electron chi connectivity index (χ0n) is 32.7. The van der Waals surface area contributed by atoms with Gasteiger partial charge in [-0.3, -0.25) is 19.2 Å². The second kappa shape index (κ2) is 23.1. The second-order valence-electron chi connectivity index (χ2n) is 12.6. The molecule has 56 heavy (non-hydrogen) atoms. The van der Waals surface area contributed by atoms with E-state index in [1.165, 1.54) is 0 Å². The molecule has 15 nitrogen and oxygen atoms in total. The molecule has 0 spiro atoms. The van der Waals surface area contributed by atoms with Crippen molar-refractivity contribution in [3.8, 4) is 11.5 Å². The SMILES string of the molecule is COc1ccc(C(OC[C@@H](OC(C)=O)[C@H](OC(C)=O)[C@H](OC(C)=O)[C@@H](OC(C)=O)C(O)CCOCCOCCN)(c2ccccc2)c2ccc(OC)cc2)cc1. The van der Waals surface area contributed by atoms with Crippen LogP contribution < -0.4 is 15.2 Å². The number of carbonyl (C=O) groups is 4. The molecular weight excluding hydrogens is 730 g/mol. The molecule has 0 aliphatic carbocycles. The van der Waals surface area contributed by atoms with Crippen LogP contribution in [-0.2, 0) is 57.9 Å². The summed E-state index contributed by atoms with van der Waals surface area (Å²) in [5, 5.41) is 11.4. The van der Waals surface area contributed by atoms with Crippen LogP contribution in [0.3, 0.4) is 0 Å². The number of hydrogen-bond acceptors (Lipinski definition) is 15. The molecule has 0 saturated heterocycles. The minimum Gasteiger partial charge on any atom is -0.497 e. The van der Waals surface area contributed by atoms with Crippen molar-refractivity contribution >= 4 is 23.9 Å². The number of hydrogen-bond donors (Lipinski definition) is 2. The number of benzene rings is 3. The molecule has 0 fully saturated rings. The van der Waals surface area contributed by atoms with E-state index in [2.05, 4.69) is 0 Å². The Hall–Kier alpha value is -5.06. The molecule has 0 aliphatic rings. The summed E-state index contributed by atoms with van der Waals surface area (Å²) in [6.07, 6.45) is -8.15. The van der Waals surface area contributed by atoms with Crippen molar-refractivity contribution in [1.29, 1.82) is 0 Å². The van der Waals surface area contributed by atoms with Gasteiger partial charge in [0.2, 0.25) is 0 Å². The van der Waals surface area contributed by atoms with Gasteiger partial charge in [-0.25, -0.2) is 0 Å². The third-order valence-corrected chi connectivity index (χ3v) is 8.45. The second-order valence-corrected chi connectivity index (χ2v) is 12.6. The van der Waals surface area contributed by atoms with Crippen LogP contribution in [0.25, 0.3) is 0 Å². The lowest BCUT2D eigenvalue weighted by Gasteiger charge is -2.40. The Kier molecular flexibility index (Phi) is 18.7. The molecule has 3 aromatic carbocycles. The van der Waals surface area contributed by atoms with Gasteiger partial charge in [-0.15, -0.1) is 0 Å². The molecule has 0 aromatic heterocycles. The van der Waals surface area contributed by atoms with Gasteiger partial charge in [0.25, 0.3) is 0 Å². The number of nitrogens with two attached hydrogens (primary N) is 1. The Bertz CT molecular complexity index is 1600. The summed E-state index contributed by atoms with van der Waals surface area (Å²) in [6.45, 7) is 5.06.